The first kappa shape index (κ1) is 14.0. The molecule has 0 aliphatic heterocycles. The van der Waals surface area contributed by atoms with Crippen LogP contribution in [0.25, 0.3) is 0 Å². The van der Waals surface area contributed by atoms with Gasteiger partial charge in [0.05, 0.1) is 6.61 Å². The molecule has 1 aromatic rings. The third-order valence-corrected chi connectivity index (χ3v) is 3.80. The predicted molar refractivity (Wildman–Crippen MR) is 72.6 cm³/mol. The summed E-state index contributed by atoms with van der Waals surface area (Å²) in [7, 11) is 0. The molecule has 1 fully saturated rings. The van der Waals surface area contributed by atoms with Crippen LogP contribution >= 0.6 is 0 Å². The lowest BCUT2D eigenvalue weighted by Crippen LogP contribution is -2.11. The van der Waals surface area contributed by atoms with Crippen molar-refractivity contribution < 1.29 is 13.5 Å². The molecule has 0 N–H and O–H groups in total. The van der Waals surface area contributed by atoms with Crippen LogP contribution in [-0.4, -0.2) is 6.61 Å². The van der Waals surface area contributed by atoms with Crippen LogP contribution in [0.1, 0.15) is 44.1 Å². The van der Waals surface area contributed by atoms with Crippen LogP contribution in [0.4, 0.5) is 8.78 Å². The molecule has 1 saturated carbocycles. The minimum Gasteiger partial charge on any atom is -0.494 e. The summed E-state index contributed by atoms with van der Waals surface area (Å²) in [5.41, 5.74) is 1.30. The summed E-state index contributed by atoms with van der Waals surface area (Å²) in [5, 5.41) is 0. The maximum atomic E-state index is 12.2. The third-order valence-electron chi connectivity index (χ3n) is 3.80. The van der Waals surface area contributed by atoms with Crippen LogP contribution in [0.5, 0.6) is 5.75 Å². The standard InChI is InChI=1S/C16H20F2O/c1-2-19-15-9-7-14(8-10-15)13-5-3-12(4-6-13)11-16(17)18/h7-13H,2-6H2,1H3. The predicted octanol–water partition coefficient (Wildman–Crippen LogP) is 5.14. The molecule has 0 amide bonds. The van der Waals surface area contributed by atoms with Gasteiger partial charge in [0.2, 0.25) is 0 Å². The van der Waals surface area contributed by atoms with E-state index in [1.165, 1.54) is 5.56 Å². The van der Waals surface area contributed by atoms with E-state index >= 15 is 0 Å². The van der Waals surface area contributed by atoms with E-state index in [0.29, 0.717) is 12.5 Å². The van der Waals surface area contributed by atoms with Crippen molar-refractivity contribution in [1.82, 2.24) is 0 Å². The summed E-state index contributed by atoms with van der Waals surface area (Å²) in [5.74, 6) is 1.45. The molecule has 2 rings (SSSR count). The average molecular weight is 266 g/mol. The second kappa shape index (κ2) is 6.69. The number of rotatable bonds is 4. The van der Waals surface area contributed by atoms with E-state index in [0.717, 1.165) is 37.5 Å². The number of halogens is 2. The van der Waals surface area contributed by atoms with Crippen molar-refractivity contribution >= 4 is 0 Å². The quantitative estimate of drug-likeness (QED) is 0.733. The molecule has 0 radical (unpaired) electrons. The Morgan fingerprint density at radius 2 is 1.79 bits per heavy atom. The highest BCUT2D eigenvalue weighted by atomic mass is 19.3. The second-order valence-corrected chi connectivity index (χ2v) is 5.07. The highest BCUT2D eigenvalue weighted by molar-refractivity contribution is 5.29. The Kier molecular flexibility index (Phi) is 4.94. The minimum absolute atomic E-state index is 0.0592. The second-order valence-electron chi connectivity index (χ2n) is 5.07. The molecule has 0 saturated heterocycles. The van der Waals surface area contributed by atoms with Gasteiger partial charge in [-0.1, -0.05) is 12.1 Å². The van der Waals surface area contributed by atoms with Gasteiger partial charge in [0.25, 0.3) is 6.08 Å². The Labute approximate surface area is 113 Å². The van der Waals surface area contributed by atoms with Crippen LogP contribution in [0, 0.1) is 5.92 Å². The van der Waals surface area contributed by atoms with Crippen LogP contribution in [0.3, 0.4) is 0 Å². The van der Waals surface area contributed by atoms with Gasteiger partial charge in [0.15, 0.2) is 0 Å². The molecule has 0 bridgehead atoms. The average Bonchev–Trinajstić information content (AvgIpc) is 2.40. The summed E-state index contributed by atoms with van der Waals surface area (Å²) in [6.07, 6.45) is 3.27. The smallest absolute Gasteiger partial charge is 0.266 e. The lowest BCUT2D eigenvalue weighted by Gasteiger charge is -2.26. The van der Waals surface area contributed by atoms with Crippen LogP contribution in [0.2, 0.25) is 0 Å². The molecular formula is C16H20F2O. The lowest BCUT2D eigenvalue weighted by atomic mass is 9.79. The van der Waals surface area contributed by atoms with Crippen molar-refractivity contribution in [2.75, 3.05) is 6.61 Å². The fourth-order valence-electron chi connectivity index (χ4n) is 2.80. The molecule has 104 valence electrons. The number of allylic oxidation sites excluding steroid dienone is 1. The lowest BCUT2D eigenvalue weighted by molar-refractivity contribution is 0.338. The Morgan fingerprint density at radius 1 is 1.16 bits per heavy atom. The Hall–Kier alpha value is -1.38. The van der Waals surface area contributed by atoms with Crippen LogP contribution in [-0.2, 0) is 0 Å². The normalized spacial score (nSPS) is 22.9. The Bertz CT molecular complexity index is 413. The molecule has 1 aliphatic rings. The zero-order valence-electron chi connectivity index (χ0n) is 11.2. The van der Waals surface area contributed by atoms with Gasteiger partial charge in [-0.15, -0.1) is 0 Å². The molecule has 0 atom stereocenters. The third kappa shape index (κ3) is 4.05. The first-order chi connectivity index (χ1) is 9.19. The van der Waals surface area contributed by atoms with E-state index in [2.05, 4.69) is 12.1 Å². The van der Waals surface area contributed by atoms with Gasteiger partial charge in [-0.25, -0.2) is 0 Å². The van der Waals surface area contributed by atoms with Gasteiger partial charge in [-0.2, -0.15) is 8.78 Å². The van der Waals surface area contributed by atoms with Crippen molar-refractivity contribution in [3.05, 3.63) is 42.0 Å². The number of benzene rings is 1. The largest absolute Gasteiger partial charge is 0.494 e. The Morgan fingerprint density at radius 3 is 2.32 bits per heavy atom. The van der Waals surface area contributed by atoms with Crippen molar-refractivity contribution in [3.63, 3.8) is 0 Å². The number of ether oxygens (including phenoxy) is 1. The summed E-state index contributed by atoms with van der Waals surface area (Å²) in [4.78, 5) is 0. The van der Waals surface area contributed by atoms with E-state index in [-0.39, 0.29) is 5.92 Å². The summed E-state index contributed by atoms with van der Waals surface area (Å²) < 4.78 is 29.8. The molecule has 0 spiro atoms. The van der Waals surface area contributed by atoms with Gasteiger partial charge >= 0.3 is 0 Å². The summed E-state index contributed by atoms with van der Waals surface area (Å²) in [6.45, 7) is 2.64. The van der Waals surface area contributed by atoms with Crippen LogP contribution < -0.4 is 4.74 Å². The molecule has 3 heteroatoms. The molecule has 1 nitrogen and oxygen atoms in total. The van der Waals surface area contributed by atoms with E-state index < -0.39 is 6.08 Å². The summed E-state index contributed by atoms with van der Waals surface area (Å²) >= 11 is 0. The highest BCUT2D eigenvalue weighted by Crippen LogP contribution is 2.37. The fourth-order valence-corrected chi connectivity index (χ4v) is 2.80. The molecule has 1 aromatic carbocycles. The van der Waals surface area contributed by atoms with Crippen molar-refractivity contribution in [3.8, 4) is 5.75 Å². The van der Waals surface area contributed by atoms with Crippen molar-refractivity contribution in [1.29, 1.82) is 0 Å². The molecule has 0 aromatic heterocycles. The molecule has 0 heterocycles. The van der Waals surface area contributed by atoms with Gasteiger partial charge in [0, 0.05) is 0 Å². The minimum atomic E-state index is -1.54. The van der Waals surface area contributed by atoms with Gasteiger partial charge in [0.1, 0.15) is 5.75 Å². The molecule has 0 unspecified atom stereocenters. The number of hydrogen-bond donors (Lipinski definition) is 0. The summed E-state index contributed by atoms with van der Waals surface area (Å²) in [6, 6.07) is 8.18. The first-order valence-corrected chi connectivity index (χ1v) is 6.94. The van der Waals surface area contributed by atoms with Gasteiger partial charge in [-0.05, 0) is 68.2 Å². The van der Waals surface area contributed by atoms with Crippen molar-refractivity contribution in [2.45, 2.75) is 38.5 Å². The van der Waals surface area contributed by atoms with Crippen LogP contribution in [0.15, 0.2) is 36.4 Å². The van der Waals surface area contributed by atoms with Gasteiger partial charge < -0.3 is 4.74 Å². The molecule has 1 aliphatic carbocycles. The topological polar surface area (TPSA) is 9.23 Å². The fraction of sp³-hybridized carbons (Fsp3) is 0.500. The van der Waals surface area contributed by atoms with E-state index in [9.17, 15) is 8.78 Å². The highest BCUT2D eigenvalue weighted by Gasteiger charge is 2.21. The zero-order valence-corrected chi connectivity index (χ0v) is 11.2. The van der Waals surface area contributed by atoms with Crippen molar-refractivity contribution in [2.24, 2.45) is 5.92 Å². The Balaban J connectivity index is 1.92. The molecular weight excluding hydrogens is 246 g/mol. The SMILES string of the molecule is CCOc1ccc(C2CCC(C=C(F)F)CC2)cc1. The van der Waals surface area contributed by atoms with Gasteiger partial charge in [-0.3, -0.25) is 0 Å². The number of hydrogen-bond acceptors (Lipinski definition) is 1. The first-order valence-electron chi connectivity index (χ1n) is 6.94. The monoisotopic (exact) mass is 266 g/mol. The van der Waals surface area contributed by atoms with E-state index in [1.54, 1.807) is 0 Å². The maximum absolute atomic E-state index is 12.2. The van der Waals surface area contributed by atoms with E-state index in [1.807, 2.05) is 19.1 Å². The maximum Gasteiger partial charge on any atom is 0.266 e. The molecule has 19 heavy (non-hydrogen) atoms. The van der Waals surface area contributed by atoms with E-state index in [4.69, 9.17) is 4.74 Å². The zero-order chi connectivity index (χ0) is 13.7.